The smallest absolute Gasteiger partial charge is 0.337 e. The molecular formula is C19H19N3O2. The Bertz CT molecular complexity index is 877. The number of aromatic carboxylic acids is 1. The second kappa shape index (κ2) is 6.07. The zero-order valence-electron chi connectivity index (χ0n) is 13.4. The molecule has 0 amide bonds. The van der Waals surface area contributed by atoms with Gasteiger partial charge in [0.05, 0.1) is 16.6 Å². The molecule has 0 saturated heterocycles. The molecule has 5 nitrogen and oxygen atoms in total. The molecule has 2 aromatic heterocycles. The first-order chi connectivity index (χ1) is 11.7. The molecule has 1 aromatic carbocycles. The maximum absolute atomic E-state index is 11.0. The van der Waals surface area contributed by atoms with Crippen LogP contribution in [0.3, 0.4) is 0 Å². The standard InChI is InChI=1S/C19H19N3O2/c23-19(24)13-10-11-16(20-12-13)18-21-15-8-4-5-9-17(15)22(18)14-6-2-1-3-7-14/h4-5,8-12,14H,1-3,6-7H2,(H,23,24). The quantitative estimate of drug-likeness (QED) is 0.781. The van der Waals surface area contributed by atoms with Crippen molar-refractivity contribution in [3.63, 3.8) is 0 Å². The Hall–Kier alpha value is -2.69. The second-order valence-electron chi connectivity index (χ2n) is 6.32. The fraction of sp³-hybridized carbons (Fsp3) is 0.316. The van der Waals surface area contributed by atoms with E-state index in [0.29, 0.717) is 6.04 Å². The first-order valence-corrected chi connectivity index (χ1v) is 8.41. The molecule has 1 aliphatic rings. The van der Waals surface area contributed by atoms with Gasteiger partial charge in [0.25, 0.3) is 0 Å². The van der Waals surface area contributed by atoms with Crippen molar-refractivity contribution < 1.29 is 9.90 Å². The van der Waals surface area contributed by atoms with Crippen LogP contribution in [-0.4, -0.2) is 25.6 Å². The van der Waals surface area contributed by atoms with Gasteiger partial charge in [-0.15, -0.1) is 0 Å². The topological polar surface area (TPSA) is 68.0 Å². The number of carboxylic acid groups (broad SMARTS) is 1. The first kappa shape index (κ1) is 14.9. The molecule has 1 aliphatic carbocycles. The number of fused-ring (bicyclic) bond motifs is 1. The Morgan fingerprint density at radius 1 is 1.08 bits per heavy atom. The summed E-state index contributed by atoms with van der Waals surface area (Å²) in [5, 5.41) is 9.06. The van der Waals surface area contributed by atoms with E-state index in [0.717, 1.165) is 35.4 Å². The van der Waals surface area contributed by atoms with Crippen molar-refractivity contribution in [3.8, 4) is 11.5 Å². The molecule has 4 rings (SSSR count). The lowest BCUT2D eigenvalue weighted by Gasteiger charge is -2.25. The lowest BCUT2D eigenvalue weighted by atomic mass is 9.95. The molecule has 5 heteroatoms. The summed E-state index contributed by atoms with van der Waals surface area (Å²) < 4.78 is 2.30. The highest BCUT2D eigenvalue weighted by Crippen LogP contribution is 2.35. The molecule has 0 spiro atoms. The van der Waals surface area contributed by atoms with E-state index in [9.17, 15) is 4.79 Å². The van der Waals surface area contributed by atoms with Gasteiger partial charge < -0.3 is 9.67 Å². The monoisotopic (exact) mass is 321 g/mol. The zero-order valence-corrected chi connectivity index (χ0v) is 13.4. The molecule has 1 N–H and O–H groups in total. The number of pyridine rings is 1. The second-order valence-corrected chi connectivity index (χ2v) is 6.32. The third kappa shape index (κ3) is 2.56. The molecule has 3 aromatic rings. The molecular weight excluding hydrogens is 302 g/mol. The van der Waals surface area contributed by atoms with E-state index in [1.165, 1.54) is 25.5 Å². The predicted octanol–water partition coefficient (Wildman–Crippen LogP) is 4.30. The van der Waals surface area contributed by atoms with E-state index in [2.05, 4.69) is 15.6 Å². The van der Waals surface area contributed by atoms with Crippen molar-refractivity contribution in [2.75, 3.05) is 0 Å². The van der Waals surface area contributed by atoms with Gasteiger partial charge in [0.15, 0.2) is 5.82 Å². The average Bonchev–Trinajstić information content (AvgIpc) is 3.02. The van der Waals surface area contributed by atoms with Gasteiger partial charge in [0, 0.05) is 12.2 Å². The van der Waals surface area contributed by atoms with Crippen LogP contribution in [0.1, 0.15) is 48.5 Å². The van der Waals surface area contributed by atoms with Gasteiger partial charge in [0.2, 0.25) is 0 Å². The van der Waals surface area contributed by atoms with E-state index >= 15 is 0 Å². The van der Waals surface area contributed by atoms with Crippen LogP contribution in [0, 0.1) is 0 Å². The van der Waals surface area contributed by atoms with Gasteiger partial charge in [0.1, 0.15) is 5.69 Å². The van der Waals surface area contributed by atoms with E-state index in [4.69, 9.17) is 10.1 Å². The Balaban J connectivity index is 1.85. The van der Waals surface area contributed by atoms with Gasteiger partial charge in [-0.25, -0.2) is 9.78 Å². The van der Waals surface area contributed by atoms with E-state index in [1.807, 2.05) is 18.2 Å². The van der Waals surface area contributed by atoms with Crippen LogP contribution in [0.25, 0.3) is 22.6 Å². The lowest BCUT2D eigenvalue weighted by molar-refractivity contribution is 0.0696. The molecule has 0 atom stereocenters. The van der Waals surface area contributed by atoms with E-state index in [-0.39, 0.29) is 5.56 Å². The number of imidazole rings is 1. The molecule has 0 bridgehead atoms. The highest BCUT2D eigenvalue weighted by molar-refractivity contribution is 5.87. The van der Waals surface area contributed by atoms with Crippen LogP contribution in [0.2, 0.25) is 0 Å². The Kier molecular flexibility index (Phi) is 3.76. The SMILES string of the molecule is O=C(O)c1ccc(-c2nc3ccccc3n2C2CCCCC2)nc1. The number of hydrogen-bond donors (Lipinski definition) is 1. The number of carbonyl (C=O) groups is 1. The van der Waals surface area contributed by atoms with Gasteiger partial charge in [-0.3, -0.25) is 4.98 Å². The molecule has 1 saturated carbocycles. The molecule has 2 heterocycles. The van der Waals surface area contributed by atoms with Crippen LogP contribution in [-0.2, 0) is 0 Å². The van der Waals surface area contributed by atoms with E-state index in [1.54, 1.807) is 12.1 Å². The Morgan fingerprint density at radius 3 is 2.58 bits per heavy atom. The number of hydrogen-bond acceptors (Lipinski definition) is 3. The van der Waals surface area contributed by atoms with Crippen LogP contribution < -0.4 is 0 Å². The molecule has 0 unspecified atom stereocenters. The minimum Gasteiger partial charge on any atom is -0.478 e. The summed E-state index contributed by atoms with van der Waals surface area (Å²) in [6.45, 7) is 0. The number of benzene rings is 1. The van der Waals surface area contributed by atoms with Crippen molar-refractivity contribution in [2.45, 2.75) is 38.1 Å². The molecule has 1 fully saturated rings. The number of nitrogens with zero attached hydrogens (tertiary/aromatic N) is 3. The number of rotatable bonds is 3. The summed E-state index contributed by atoms with van der Waals surface area (Å²) in [5.74, 6) is -0.130. The zero-order chi connectivity index (χ0) is 16.5. The molecule has 122 valence electrons. The fourth-order valence-corrected chi connectivity index (χ4v) is 3.59. The van der Waals surface area contributed by atoms with Crippen molar-refractivity contribution in [3.05, 3.63) is 48.2 Å². The number of carboxylic acids is 1. The summed E-state index contributed by atoms with van der Waals surface area (Å²) in [5.41, 5.74) is 3.01. The van der Waals surface area contributed by atoms with Crippen molar-refractivity contribution in [1.29, 1.82) is 0 Å². The normalized spacial score (nSPS) is 15.7. The van der Waals surface area contributed by atoms with E-state index < -0.39 is 5.97 Å². The fourth-order valence-electron chi connectivity index (χ4n) is 3.59. The van der Waals surface area contributed by atoms with Crippen LogP contribution in [0.4, 0.5) is 0 Å². The van der Waals surface area contributed by atoms with Gasteiger partial charge in [-0.05, 0) is 37.1 Å². The average molecular weight is 321 g/mol. The Labute approximate surface area is 140 Å². The van der Waals surface area contributed by atoms with Crippen molar-refractivity contribution in [1.82, 2.24) is 14.5 Å². The third-order valence-electron chi connectivity index (χ3n) is 4.78. The van der Waals surface area contributed by atoms with Crippen LogP contribution in [0.5, 0.6) is 0 Å². The summed E-state index contributed by atoms with van der Waals surface area (Å²) in [7, 11) is 0. The lowest BCUT2D eigenvalue weighted by Crippen LogP contribution is -2.14. The largest absolute Gasteiger partial charge is 0.478 e. The summed E-state index contributed by atoms with van der Waals surface area (Å²) in [4.78, 5) is 20.2. The van der Waals surface area contributed by atoms with Crippen molar-refractivity contribution in [2.24, 2.45) is 0 Å². The summed E-state index contributed by atoms with van der Waals surface area (Å²) in [6.07, 6.45) is 7.48. The number of para-hydroxylation sites is 2. The first-order valence-electron chi connectivity index (χ1n) is 8.41. The van der Waals surface area contributed by atoms with Crippen LogP contribution in [0.15, 0.2) is 42.6 Å². The molecule has 24 heavy (non-hydrogen) atoms. The molecule has 0 aliphatic heterocycles. The minimum absolute atomic E-state index is 0.194. The third-order valence-corrected chi connectivity index (χ3v) is 4.78. The van der Waals surface area contributed by atoms with Gasteiger partial charge in [-0.1, -0.05) is 31.4 Å². The maximum Gasteiger partial charge on any atom is 0.337 e. The number of aromatic nitrogens is 3. The van der Waals surface area contributed by atoms with Gasteiger partial charge in [-0.2, -0.15) is 0 Å². The van der Waals surface area contributed by atoms with Gasteiger partial charge >= 0.3 is 5.97 Å². The predicted molar refractivity (Wildman–Crippen MR) is 92.0 cm³/mol. The highest BCUT2D eigenvalue weighted by atomic mass is 16.4. The summed E-state index contributed by atoms with van der Waals surface area (Å²) in [6, 6.07) is 11.9. The summed E-state index contributed by atoms with van der Waals surface area (Å²) >= 11 is 0. The highest BCUT2D eigenvalue weighted by Gasteiger charge is 2.22. The molecule has 0 radical (unpaired) electrons. The maximum atomic E-state index is 11.0. The minimum atomic E-state index is -0.963. The van der Waals surface area contributed by atoms with Crippen LogP contribution >= 0.6 is 0 Å². The van der Waals surface area contributed by atoms with Crippen molar-refractivity contribution >= 4 is 17.0 Å². The Morgan fingerprint density at radius 2 is 1.88 bits per heavy atom.